The van der Waals surface area contributed by atoms with Gasteiger partial charge in [-0.25, -0.2) is 0 Å². The zero-order chi connectivity index (χ0) is 18.8. The van der Waals surface area contributed by atoms with E-state index in [-0.39, 0.29) is 5.91 Å². The molecule has 1 heterocycles. The Balaban J connectivity index is 1.97. The number of methoxy groups -OCH3 is 2. The van der Waals surface area contributed by atoms with Crippen LogP contribution >= 0.6 is 11.3 Å². The van der Waals surface area contributed by atoms with Crippen molar-refractivity contribution in [2.75, 3.05) is 19.5 Å². The van der Waals surface area contributed by atoms with Gasteiger partial charge in [0.2, 0.25) is 0 Å². The second kappa shape index (κ2) is 7.37. The van der Waals surface area contributed by atoms with Crippen molar-refractivity contribution < 1.29 is 19.1 Å². The van der Waals surface area contributed by atoms with E-state index in [2.05, 4.69) is 12.2 Å². The van der Waals surface area contributed by atoms with Crippen molar-refractivity contribution in [2.45, 2.75) is 26.2 Å². The van der Waals surface area contributed by atoms with Crippen LogP contribution in [0.1, 0.15) is 44.5 Å². The number of carbonyl (C=O) groups is 2. The molecule has 1 aliphatic carbocycles. The standard InChI is InChI=1S/C19H22N2O4S/c1-10-7-8-11-14(9-10)26-19(15(11)17(20)22)21-18(23)12-5-4-6-13(24-2)16(12)25-3/h4-6,10H,7-9H2,1-3H3,(H2,20,22)(H,21,23). The molecule has 3 rings (SSSR count). The van der Waals surface area contributed by atoms with Crippen molar-refractivity contribution >= 4 is 28.2 Å². The van der Waals surface area contributed by atoms with Crippen molar-refractivity contribution in [1.82, 2.24) is 0 Å². The molecule has 0 aliphatic heterocycles. The average Bonchev–Trinajstić information content (AvgIpc) is 2.97. The van der Waals surface area contributed by atoms with E-state index in [0.717, 1.165) is 29.7 Å². The van der Waals surface area contributed by atoms with Crippen LogP contribution in [-0.4, -0.2) is 26.0 Å². The number of hydrogen-bond acceptors (Lipinski definition) is 5. The molecule has 138 valence electrons. The van der Waals surface area contributed by atoms with Crippen LogP contribution in [0.15, 0.2) is 18.2 Å². The Morgan fingerprint density at radius 3 is 2.69 bits per heavy atom. The molecule has 1 atom stereocenters. The van der Waals surface area contributed by atoms with Crippen LogP contribution in [-0.2, 0) is 12.8 Å². The third kappa shape index (κ3) is 3.26. The summed E-state index contributed by atoms with van der Waals surface area (Å²) in [6.07, 6.45) is 2.73. The number of ether oxygens (including phenoxy) is 2. The van der Waals surface area contributed by atoms with E-state index in [1.807, 2.05) is 0 Å². The third-order valence-corrected chi connectivity index (χ3v) is 5.80. The number of carbonyl (C=O) groups excluding carboxylic acids is 2. The summed E-state index contributed by atoms with van der Waals surface area (Å²) in [6, 6.07) is 5.08. The molecule has 0 radical (unpaired) electrons. The van der Waals surface area contributed by atoms with E-state index in [4.69, 9.17) is 15.2 Å². The van der Waals surface area contributed by atoms with Gasteiger partial charge >= 0.3 is 0 Å². The van der Waals surface area contributed by atoms with Crippen molar-refractivity contribution in [2.24, 2.45) is 11.7 Å². The highest BCUT2D eigenvalue weighted by Crippen LogP contribution is 2.40. The summed E-state index contributed by atoms with van der Waals surface area (Å²) in [4.78, 5) is 26.0. The molecule has 0 spiro atoms. The highest BCUT2D eigenvalue weighted by atomic mass is 32.1. The lowest BCUT2D eigenvalue weighted by atomic mass is 9.88. The van der Waals surface area contributed by atoms with Gasteiger partial charge in [0.15, 0.2) is 11.5 Å². The van der Waals surface area contributed by atoms with Gasteiger partial charge in [-0.2, -0.15) is 0 Å². The summed E-state index contributed by atoms with van der Waals surface area (Å²) in [5.74, 6) is 0.501. The molecule has 0 fully saturated rings. The molecule has 1 unspecified atom stereocenters. The average molecular weight is 374 g/mol. The summed E-state index contributed by atoms with van der Waals surface area (Å²) in [6.45, 7) is 2.19. The van der Waals surface area contributed by atoms with Crippen LogP contribution in [0.2, 0.25) is 0 Å². The lowest BCUT2D eigenvalue weighted by molar-refractivity contribution is 0.1000. The molecule has 6 nitrogen and oxygen atoms in total. The van der Waals surface area contributed by atoms with E-state index in [1.54, 1.807) is 18.2 Å². The van der Waals surface area contributed by atoms with Crippen LogP contribution in [0.3, 0.4) is 0 Å². The normalized spacial score (nSPS) is 15.9. The Kier molecular flexibility index (Phi) is 5.18. The largest absolute Gasteiger partial charge is 0.493 e. The van der Waals surface area contributed by atoms with Crippen molar-refractivity contribution in [3.63, 3.8) is 0 Å². The molecule has 1 aliphatic rings. The maximum absolute atomic E-state index is 12.8. The van der Waals surface area contributed by atoms with Crippen LogP contribution in [0.25, 0.3) is 0 Å². The topological polar surface area (TPSA) is 90.6 Å². The molecule has 0 saturated carbocycles. The van der Waals surface area contributed by atoms with E-state index in [0.29, 0.717) is 33.5 Å². The van der Waals surface area contributed by atoms with Crippen LogP contribution < -0.4 is 20.5 Å². The molecule has 1 aromatic heterocycles. The first kappa shape index (κ1) is 18.3. The highest BCUT2D eigenvalue weighted by Gasteiger charge is 2.28. The van der Waals surface area contributed by atoms with Crippen molar-refractivity contribution in [1.29, 1.82) is 0 Å². The molecule has 0 saturated heterocycles. The fourth-order valence-corrected chi connectivity index (χ4v) is 4.75. The SMILES string of the molecule is COc1cccc(C(=O)Nc2sc3c(c2C(N)=O)CCC(C)C3)c1OC. The second-order valence-corrected chi connectivity index (χ2v) is 7.52. The number of rotatable bonds is 5. The molecular weight excluding hydrogens is 352 g/mol. The van der Waals surface area contributed by atoms with Gasteiger partial charge in [-0.15, -0.1) is 11.3 Å². The number of benzene rings is 1. The number of para-hydroxylation sites is 1. The lowest BCUT2D eigenvalue weighted by Gasteiger charge is -2.18. The van der Waals surface area contributed by atoms with E-state index >= 15 is 0 Å². The van der Waals surface area contributed by atoms with Crippen LogP contribution in [0.4, 0.5) is 5.00 Å². The number of amides is 2. The number of anilines is 1. The zero-order valence-electron chi connectivity index (χ0n) is 15.0. The predicted molar refractivity (Wildman–Crippen MR) is 102 cm³/mol. The Morgan fingerprint density at radius 2 is 2.04 bits per heavy atom. The van der Waals surface area contributed by atoms with Gasteiger partial charge in [-0.05, 0) is 42.9 Å². The second-order valence-electron chi connectivity index (χ2n) is 6.42. The summed E-state index contributed by atoms with van der Waals surface area (Å²) in [5, 5.41) is 3.36. The van der Waals surface area contributed by atoms with E-state index in [9.17, 15) is 9.59 Å². The molecule has 2 amide bonds. The Labute approximate surface area is 156 Å². The summed E-state index contributed by atoms with van der Waals surface area (Å²) < 4.78 is 10.6. The third-order valence-electron chi connectivity index (χ3n) is 4.63. The minimum atomic E-state index is -0.509. The van der Waals surface area contributed by atoms with Gasteiger partial charge in [0.1, 0.15) is 5.00 Å². The quantitative estimate of drug-likeness (QED) is 0.840. The number of nitrogens with two attached hydrogens (primary N) is 1. The van der Waals surface area contributed by atoms with E-state index < -0.39 is 5.91 Å². The minimum absolute atomic E-state index is 0.335. The summed E-state index contributed by atoms with van der Waals surface area (Å²) in [5.41, 5.74) is 7.36. The maximum atomic E-state index is 12.8. The number of fused-ring (bicyclic) bond motifs is 1. The zero-order valence-corrected chi connectivity index (χ0v) is 15.9. The summed E-state index contributed by atoms with van der Waals surface area (Å²) in [7, 11) is 2.99. The van der Waals surface area contributed by atoms with Crippen LogP contribution in [0, 0.1) is 5.92 Å². The first-order valence-electron chi connectivity index (χ1n) is 8.42. The molecule has 0 bridgehead atoms. The van der Waals surface area contributed by atoms with Crippen molar-refractivity contribution in [3.8, 4) is 11.5 Å². The molecule has 7 heteroatoms. The van der Waals surface area contributed by atoms with Gasteiger partial charge in [-0.1, -0.05) is 13.0 Å². The van der Waals surface area contributed by atoms with Gasteiger partial charge < -0.3 is 20.5 Å². The fourth-order valence-electron chi connectivity index (χ4n) is 3.34. The Morgan fingerprint density at radius 1 is 1.27 bits per heavy atom. The molecule has 2 aromatic rings. The number of nitrogens with one attached hydrogen (secondary N) is 1. The number of hydrogen-bond donors (Lipinski definition) is 2. The molecular formula is C19H22N2O4S. The smallest absolute Gasteiger partial charge is 0.260 e. The number of thiophene rings is 1. The lowest BCUT2D eigenvalue weighted by Crippen LogP contribution is -2.19. The predicted octanol–water partition coefficient (Wildman–Crippen LogP) is 3.24. The first-order chi connectivity index (χ1) is 12.5. The molecule has 1 aromatic carbocycles. The highest BCUT2D eigenvalue weighted by molar-refractivity contribution is 7.17. The Bertz CT molecular complexity index is 859. The number of primary amides is 1. The van der Waals surface area contributed by atoms with E-state index in [1.165, 1.54) is 25.6 Å². The first-order valence-corrected chi connectivity index (χ1v) is 9.24. The Hall–Kier alpha value is -2.54. The monoisotopic (exact) mass is 374 g/mol. The molecule has 3 N–H and O–H groups in total. The van der Waals surface area contributed by atoms with Gasteiger partial charge in [-0.3, -0.25) is 9.59 Å². The van der Waals surface area contributed by atoms with Gasteiger partial charge in [0.05, 0.1) is 25.3 Å². The van der Waals surface area contributed by atoms with Gasteiger partial charge in [0, 0.05) is 4.88 Å². The maximum Gasteiger partial charge on any atom is 0.260 e. The molecule has 26 heavy (non-hydrogen) atoms. The van der Waals surface area contributed by atoms with Crippen LogP contribution in [0.5, 0.6) is 11.5 Å². The summed E-state index contributed by atoms with van der Waals surface area (Å²) >= 11 is 1.44. The van der Waals surface area contributed by atoms with Gasteiger partial charge in [0.25, 0.3) is 11.8 Å². The van der Waals surface area contributed by atoms with Crippen molar-refractivity contribution in [3.05, 3.63) is 39.8 Å². The fraction of sp³-hybridized carbons (Fsp3) is 0.368. The minimum Gasteiger partial charge on any atom is -0.493 e.